The molecule has 0 unspecified atom stereocenters. The molecule has 0 aliphatic rings. The molecule has 1 heterocycles. The van der Waals surface area contributed by atoms with Crippen molar-refractivity contribution in [2.45, 2.75) is 27.3 Å². The Morgan fingerprint density at radius 2 is 2.00 bits per heavy atom. The molecule has 2 aromatic rings. The zero-order valence-electron chi connectivity index (χ0n) is 13.1. The van der Waals surface area contributed by atoms with Crippen molar-refractivity contribution in [2.75, 3.05) is 5.73 Å². The maximum absolute atomic E-state index is 13.7. The lowest BCUT2D eigenvalue weighted by molar-refractivity contribution is 0.587. The number of halogens is 1. The van der Waals surface area contributed by atoms with Gasteiger partial charge in [0.2, 0.25) is 0 Å². The van der Waals surface area contributed by atoms with Gasteiger partial charge < -0.3 is 11.5 Å². The Labute approximate surface area is 129 Å². The molecule has 2 rings (SSSR count). The summed E-state index contributed by atoms with van der Waals surface area (Å²) in [6, 6.07) is 6.42. The number of nitrogens with two attached hydrogens (primary N) is 2. The number of nitrogen functional groups attached to an aromatic ring is 2. The van der Waals surface area contributed by atoms with Crippen LogP contribution in [0.2, 0.25) is 0 Å². The van der Waals surface area contributed by atoms with Crippen LogP contribution in [0.1, 0.15) is 37.6 Å². The zero-order valence-corrected chi connectivity index (χ0v) is 13.1. The molecule has 118 valence electrons. The topological polar surface area (TPSA) is 93.7 Å². The Morgan fingerprint density at radius 3 is 2.55 bits per heavy atom. The number of aromatic nitrogens is 2. The molecule has 0 fully saturated rings. The van der Waals surface area contributed by atoms with Crippen LogP contribution in [-0.2, 0) is 6.54 Å². The third kappa shape index (κ3) is 3.72. The minimum atomic E-state index is -0.320. The fraction of sp³-hybridized carbons (Fsp3) is 0.250. The smallest absolute Gasteiger partial charge is 0.144 e. The van der Waals surface area contributed by atoms with Crippen molar-refractivity contribution in [3.8, 4) is 0 Å². The molecule has 1 aromatic carbocycles. The first-order valence-corrected chi connectivity index (χ1v) is 7.11. The Morgan fingerprint density at radius 1 is 1.36 bits per heavy atom. The maximum atomic E-state index is 13.7. The van der Waals surface area contributed by atoms with Crippen molar-refractivity contribution in [3.05, 3.63) is 53.0 Å². The lowest BCUT2D eigenvalue weighted by Gasteiger charge is -2.05. The van der Waals surface area contributed by atoms with Gasteiger partial charge >= 0.3 is 0 Å². The highest BCUT2D eigenvalue weighted by molar-refractivity contribution is 5.98. The van der Waals surface area contributed by atoms with Crippen LogP contribution in [-0.4, -0.2) is 15.6 Å². The number of hydrogen-bond donors (Lipinski definition) is 3. The fourth-order valence-corrected chi connectivity index (χ4v) is 1.93. The zero-order chi connectivity index (χ0) is 16.7. The number of amidine groups is 1. The SMILES string of the molecule is C/C=C\c1c(C(=N)N)nn(Cc2ccccc2F)c1N.CC. The molecule has 5 nitrogen and oxygen atoms in total. The van der Waals surface area contributed by atoms with Gasteiger partial charge in [-0.15, -0.1) is 0 Å². The molecule has 0 amide bonds. The summed E-state index contributed by atoms with van der Waals surface area (Å²) < 4.78 is 15.1. The Balaban J connectivity index is 0.00000116. The number of anilines is 1. The highest BCUT2D eigenvalue weighted by atomic mass is 19.1. The van der Waals surface area contributed by atoms with Crippen molar-refractivity contribution in [1.29, 1.82) is 5.41 Å². The molecular weight excluding hydrogens is 281 g/mol. The van der Waals surface area contributed by atoms with Crippen LogP contribution in [0, 0.1) is 11.2 Å². The fourth-order valence-electron chi connectivity index (χ4n) is 1.93. The standard InChI is InChI=1S/C14H16FN5.C2H6/c1-2-5-10-12(13(16)17)19-20(14(10)18)8-9-6-3-4-7-11(9)15;1-2/h2-7H,8,18H2,1H3,(H3,16,17);1-2H3/b5-2-;. The van der Waals surface area contributed by atoms with Crippen molar-refractivity contribution < 1.29 is 4.39 Å². The highest BCUT2D eigenvalue weighted by Gasteiger charge is 2.16. The van der Waals surface area contributed by atoms with Crippen LogP contribution in [0.4, 0.5) is 10.2 Å². The van der Waals surface area contributed by atoms with E-state index in [2.05, 4.69) is 5.10 Å². The van der Waals surface area contributed by atoms with Crippen LogP contribution < -0.4 is 11.5 Å². The predicted octanol–water partition coefficient (Wildman–Crippen LogP) is 3.00. The number of hydrogen-bond acceptors (Lipinski definition) is 3. The summed E-state index contributed by atoms with van der Waals surface area (Å²) in [7, 11) is 0. The lowest BCUT2D eigenvalue weighted by atomic mass is 10.2. The normalized spacial score (nSPS) is 10.4. The predicted molar refractivity (Wildman–Crippen MR) is 89.2 cm³/mol. The van der Waals surface area contributed by atoms with Crippen LogP contribution >= 0.6 is 0 Å². The third-order valence-electron chi connectivity index (χ3n) is 2.90. The molecule has 5 N–H and O–H groups in total. The molecule has 0 bridgehead atoms. The van der Waals surface area contributed by atoms with Gasteiger partial charge in [0, 0.05) is 11.1 Å². The average molecular weight is 303 g/mol. The van der Waals surface area contributed by atoms with Gasteiger partial charge in [-0.1, -0.05) is 44.2 Å². The first-order chi connectivity index (χ1) is 10.5. The van der Waals surface area contributed by atoms with Crippen molar-refractivity contribution >= 4 is 17.7 Å². The molecule has 0 saturated heterocycles. The highest BCUT2D eigenvalue weighted by Crippen LogP contribution is 2.20. The lowest BCUT2D eigenvalue weighted by Crippen LogP contribution is -2.14. The van der Waals surface area contributed by atoms with E-state index in [0.29, 0.717) is 22.6 Å². The first kappa shape index (κ1) is 17.4. The van der Waals surface area contributed by atoms with Gasteiger partial charge in [0.25, 0.3) is 0 Å². The average Bonchev–Trinajstić information content (AvgIpc) is 2.82. The molecule has 22 heavy (non-hydrogen) atoms. The van der Waals surface area contributed by atoms with E-state index in [1.807, 2.05) is 20.8 Å². The van der Waals surface area contributed by atoms with Crippen LogP contribution in [0.3, 0.4) is 0 Å². The number of allylic oxidation sites excluding steroid dienone is 1. The summed E-state index contributed by atoms with van der Waals surface area (Å²) in [5.41, 5.74) is 12.9. The molecule has 6 heteroatoms. The quantitative estimate of drug-likeness (QED) is 0.598. The largest absolute Gasteiger partial charge is 0.383 e. The monoisotopic (exact) mass is 303 g/mol. The minimum Gasteiger partial charge on any atom is -0.383 e. The molecule has 1 aromatic heterocycles. The third-order valence-corrected chi connectivity index (χ3v) is 2.90. The van der Waals surface area contributed by atoms with Crippen LogP contribution in [0.15, 0.2) is 30.3 Å². The second-order valence-electron chi connectivity index (χ2n) is 4.31. The van der Waals surface area contributed by atoms with Crippen LogP contribution in [0.5, 0.6) is 0 Å². The summed E-state index contributed by atoms with van der Waals surface area (Å²) >= 11 is 0. The molecule has 0 spiro atoms. The van der Waals surface area contributed by atoms with Gasteiger partial charge in [-0.3, -0.25) is 5.41 Å². The van der Waals surface area contributed by atoms with Gasteiger partial charge in [0.15, 0.2) is 0 Å². The summed E-state index contributed by atoms with van der Waals surface area (Å²) in [4.78, 5) is 0. The summed E-state index contributed by atoms with van der Waals surface area (Å²) in [6.45, 7) is 6.02. The number of rotatable bonds is 4. The summed E-state index contributed by atoms with van der Waals surface area (Å²) in [5, 5.41) is 11.7. The van der Waals surface area contributed by atoms with Gasteiger partial charge in [0.05, 0.1) is 6.54 Å². The van der Waals surface area contributed by atoms with E-state index >= 15 is 0 Å². The Kier molecular flexibility index (Phi) is 6.31. The van der Waals surface area contributed by atoms with Gasteiger partial charge in [0.1, 0.15) is 23.2 Å². The second kappa shape index (κ2) is 7.97. The summed E-state index contributed by atoms with van der Waals surface area (Å²) in [6.07, 6.45) is 3.52. The number of nitrogens with one attached hydrogen (secondary N) is 1. The molecule has 0 aliphatic carbocycles. The van der Waals surface area contributed by atoms with E-state index in [-0.39, 0.29) is 18.2 Å². The number of nitrogens with zero attached hydrogens (tertiary/aromatic N) is 2. The van der Waals surface area contributed by atoms with E-state index in [9.17, 15) is 4.39 Å². The van der Waals surface area contributed by atoms with E-state index < -0.39 is 0 Å². The van der Waals surface area contributed by atoms with E-state index in [1.165, 1.54) is 10.7 Å². The molecule has 0 atom stereocenters. The number of benzene rings is 1. The first-order valence-electron chi connectivity index (χ1n) is 7.11. The summed E-state index contributed by atoms with van der Waals surface area (Å²) in [5.74, 6) is -0.131. The van der Waals surface area contributed by atoms with E-state index in [0.717, 1.165) is 0 Å². The molecule has 0 aliphatic heterocycles. The van der Waals surface area contributed by atoms with Crippen LogP contribution in [0.25, 0.3) is 6.08 Å². The molecule has 0 radical (unpaired) electrons. The van der Waals surface area contributed by atoms with Crippen molar-refractivity contribution in [2.24, 2.45) is 5.73 Å². The van der Waals surface area contributed by atoms with Crippen molar-refractivity contribution in [3.63, 3.8) is 0 Å². The second-order valence-corrected chi connectivity index (χ2v) is 4.31. The van der Waals surface area contributed by atoms with Gasteiger partial charge in [-0.2, -0.15) is 5.10 Å². The van der Waals surface area contributed by atoms with Crippen molar-refractivity contribution in [1.82, 2.24) is 9.78 Å². The minimum absolute atomic E-state index is 0.169. The Bertz CT molecular complexity index is 673. The molecule has 0 saturated carbocycles. The van der Waals surface area contributed by atoms with E-state index in [1.54, 1.807) is 30.4 Å². The Hall–Kier alpha value is -2.63. The van der Waals surface area contributed by atoms with Gasteiger partial charge in [-0.05, 0) is 13.0 Å². The maximum Gasteiger partial charge on any atom is 0.144 e. The van der Waals surface area contributed by atoms with Gasteiger partial charge in [-0.25, -0.2) is 9.07 Å². The van der Waals surface area contributed by atoms with E-state index in [4.69, 9.17) is 16.9 Å². The molecular formula is C16H22FN5.